The lowest BCUT2D eigenvalue weighted by Gasteiger charge is -2.17. The molecule has 0 saturated heterocycles. The number of carbonyl (C=O) groups excluding carboxylic acids is 3. The number of ketones is 1. The van der Waals surface area contributed by atoms with Gasteiger partial charge in [0, 0.05) is 47.7 Å². The van der Waals surface area contributed by atoms with Gasteiger partial charge in [0.25, 0.3) is 5.91 Å². The lowest BCUT2D eigenvalue weighted by molar-refractivity contribution is -0.121. The number of H-pyrrole nitrogens is 1. The number of fused-ring (bicyclic) bond motifs is 1. The molecule has 1 aliphatic heterocycles. The Labute approximate surface area is 193 Å². The van der Waals surface area contributed by atoms with Crippen LogP contribution in [0.2, 0.25) is 0 Å². The van der Waals surface area contributed by atoms with Gasteiger partial charge in [0.05, 0.1) is 5.57 Å². The van der Waals surface area contributed by atoms with Crippen molar-refractivity contribution in [2.45, 2.75) is 40.5 Å². The molecule has 0 radical (unpaired) electrons. The van der Waals surface area contributed by atoms with Gasteiger partial charge >= 0.3 is 0 Å². The summed E-state index contributed by atoms with van der Waals surface area (Å²) in [7, 11) is 0. The van der Waals surface area contributed by atoms with Gasteiger partial charge in [-0.25, -0.2) is 4.39 Å². The smallest absolute Gasteiger partial charge is 0.256 e. The minimum absolute atomic E-state index is 0.0971. The van der Waals surface area contributed by atoms with Crippen LogP contribution in [-0.2, 0) is 16.0 Å². The fraction of sp³-hybridized carbons (Fsp3) is 0.400. The number of halogens is 1. The van der Waals surface area contributed by atoms with E-state index in [-0.39, 0.29) is 24.0 Å². The Kier molecular flexibility index (Phi) is 7.81. The van der Waals surface area contributed by atoms with E-state index in [1.165, 1.54) is 25.1 Å². The van der Waals surface area contributed by atoms with Crippen molar-refractivity contribution in [3.8, 4) is 0 Å². The van der Waals surface area contributed by atoms with E-state index in [1.807, 2.05) is 0 Å². The Bertz CT molecular complexity index is 1100. The van der Waals surface area contributed by atoms with Crippen LogP contribution in [0.1, 0.15) is 60.1 Å². The molecule has 0 unspecified atom stereocenters. The largest absolute Gasteiger partial charge is 0.358 e. The molecule has 2 heterocycles. The molecule has 0 atom stereocenters. The highest BCUT2D eigenvalue weighted by Gasteiger charge is 2.26. The Hall–Kier alpha value is -3.26. The zero-order valence-corrected chi connectivity index (χ0v) is 19.6. The number of amides is 2. The number of aromatic amines is 1. The van der Waals surface area contributed by atoms with Crippen molar-refractivity contribution in [3.05, 3.63) is 52.1 Å². The van der Waals surface area contributed by atoms with Crippen LogP contribution in [-0.4, -0.2) is 53.7 Å². The van der Waals surface area contributed by atoms with E-state index in [9.17, 15) is 18.8 Å². The number of hydrogen-bond donors (Lipinski definition) is 3. The van der Waals surface area contributed by atoms with Gasteiger partial charge in [0.15, 0.2) is 5.78 Å². The van der Waals surface area contributed by atoms with Crippen LogP contribution in [0.4, 0.5) is 10.1 Å². The number of aromatic nitrogens is 1. The normalized spacial score (nSPS) is 14.0. The van der Waals surface area contributed by atoms with Gasteiger partial charge in [-0.1, -0.05) is 13.8 Å². The third-order valence-corrected chi connectivity index (χ3v) is 5.98. The number of benzene rings is 1. The summed E-state index contributed by atoms with van der Waals surface area (Å²) in [5.74, 6) is -0.995. The van der Waals surface area contributed by atoms with Crippen molar-refractivity contribution in [2.75, 3.05) is 31.5 Å². The van der Waals surface area contributed by atoms with E-state index >= 15 is 0 Å². The van der Waals surface area contributed by atoms with Crippen LogP contribution in [0.25, 0.3) is 11.6 Å². The minimum atomic E-state index is -0.440. The predicted molar refractivity (Wildman–Crippen MR) is 128 cm³/mol. The first-order chi connectivity index (χ1) is 15.7. The number of rotatable bonds is 10. The molecule has 0 aliphatic carbocycles. The van der Waals surface area contributed by atoms with Crippen molar-refractivity contribution in [1.82, 2.24) is 15.2 Å². The van der Waals surface area contributed by atoms with Gasteiger partial charge in [-0.15, -0.1) is 0 Å². The first-order valence-electron chi connectivity index (χ1n) is 11.3. The molecular weight excluding hydrogens is 423 g/mol. The van der Waals surface area contributed by atoms with E-state index < -0.39 is 5.82 Å². The molecule has 2 amide bonds. The highest BCUT2D eigenvalue weighted by Crippen LogP contribution is 2.34. The summed E-state index contributed by atoms with van der Waals surface area (Å²) in [6.45, 7) is 10.6. The molecule has 1 aromatic heterocycles. The topological polar surface area (TPSA) is 94.3 Å². The zero-order chi connectivity index (χ0) is 24.1. The predicted octanol–water partition coefficient (Wildman–Crippen LogP) is 3.55. The number of Topliss-reactive ketones (excluding diaryl/α,β-unsaturated/α-hetero) is 1. The van der Waals surface area contributed by atoms with Crippen molar-refractivity contribution in [1.29, 1.82) is 0 Å². The fourth-order valence-electron chi connectivity index (χ4n) is 4.23. The Morgan fingerprint density at radius 3 is 2.61 bits per heavy atom. The van der Waals surface area contributed by atoms with Gasteiger partial charge in [-0.05, 0) is 63.2 Å². The van der Waals surface area contributed by atoms with E-state index in [4.69, 9.17) is 0 Å². The van der Waals surface area contributed by atoms with Crippen LogP contribution in [0.5, 0.6) is 0 Å². The molecule has 3 rings (SSSR count). The highest BCUT2D eigenvalue weighted by atomic mass is 19.1. The van der Waals surface area contributed by atoms with Gasteiger partial charge in [0.2, 0.25) is 5.91 Å². The molecule has 0 bridgehead atoms. The lowest BCUT2D eigenvalue weighted by atomic mass is 9.98. The first kappa shape index (κ1) is 24.4. The van der Waals surface area contributed by atoms with E-state index in [0.29, 0.717) is 52.3 Å². The first-order valence-corrected chi connectivity index (χ1v) is 11.3. The molecule has 0 spiro atoms. The Morgan fingerprint density at radius 2 is 1.94 bits per heavy atom. The summed E-state index contributed by atoms with van der Waals surface area (Å²) in [5, 5.41) is 5.66. The van der Waals surface area contributed by atoms with Gasteiger partial charge < -0.3 is 20.5 Å². The molecule has 1 aromatic carbocycles. The number of anilines is 1. The van der Waals surface area contributed by atoms with Crippen molar-refractivity contribution < 1.29 is 18.8 Å². The van der Waals surface area contributed by atoms with Crippen LogP contribution >= 0.6 is 0 Å². The number of carbonyl (C=O) groups is 3. The number of likely N-dealkylation sites (N-methyl/N-ethyl adjacent to an activating group) is 1. The molecule has 8 heteroatoms. The summed E-state index contributed by atoms with van der Waals surface area (Å²) >= 11 is 0. The Balaban J connectivity index is 1.83. The number of nitrogens with zero attached hydrogens (tertiary/aromatic N) is 1. The monoisotopic (exact) mass is 454 g/mol. The SMILES string of the molecule is CCN(CC)CCNC(=O)CCc1c(C=C2C(=O)Nc3ccc(F)cc32)[nH]c(C)c1C(C)=O. The molecule has 3 N–H and O–H groups in total. The molecule has 7 nitrogen and oxygen atoms in total. The van der Waals surface area contributed by atoms with Gasteiger partial charge in [-0.2, -0.15) is 0 Å². The summed E-state index contributed by atoms with van der Waals surface area (Å²) in [5.41, 5.74) is 3.78. The van der Waals surface area contributed by atoms with Crippen LogP contribution < -0.4 is 10.6 Å². The maximum atomic E-state index is 13.8. The fourth-order valence-corrected chi connectivity index (χ4v) is 4.23. The van der Waals surface area contributed by atoms with Crippen molar-refractivity contribution >= 4 is 34.9 Å². The summed E-state index contributed by atoms with van der Waals surface area (Å²) in [6, 6.07) is 4.12. The standard InChI is InChI=1S/C25H31FN4O3/c1-5-30(6-2)12-11-27-23(32)10-8-18-22(28-15(3)24(18)16(4)31)14-20-19-13-17(26)7-9-21(19)29-25(20)33/h7,9,13-14,28H,5-6,8,10-12H2,1-4H3,(H,27,32)(H,29,33). The average Bonchev–Trinajstić information content (AvgIpc) is 3.25. The third kappa shape index (κ3) is 5.57. The summed E-state index contributed by atoms with van der Waals surface area (Å²) in [6.07, 6.45) is 2.18. The lowest BCUT2D eigenvalue weighted by Crippen LogP contribution is -2.34. The average molecular weight is 455 g/mol. The van der Waals surface area contributed by atoms with E-state index in [0.717, 1.165) is 19.6 Å². The van der Waals surface area contributed by atoms with E-state index in [1.54, 1.807) is 13.0 Å². The number of aryl methyl sites for hydroxylation is 1. The second-order valence-electron chi connectivity index (χ2n) is 8.15. The van der Waals surface area contributed by atoms with Gasteiger partial charge in [0.1, 0.15) is 5.82 Å². The second-order valence-corrected chi connectivity index (χ2v) is 8.15. The molecule has 0 saturated carbocycles. The van der Waals surface area contributed by atoms with Crippen molar-refractivity contribution in [3.63, 3.8) is 0 Å². The minimum Gasteiger partial charge on any atom is -0.358 e. The van der Waals surface area contributed by atoms with E-state index in [2.05, 4.69) is 34.4 Å². The molecule has 176 valence electrons. The maximum Gasteiger partial charge on any atom is 0.256 e. The zero-order valence-electron chi connectivity index (χ0n) is 19.6. The van der Waals surface area contributed by atoms with Gasteiger partial charge in [-0.3, -0.25) is 14.4 Å². The third-order valence-electron chi connectivity index (χ3n) is 5.98. The molecule has 0 fully saturated rings. The summed E-state index contributed by atoms with van der Waals surface area (Å²) in [4.78, 5) is 42.7. The second kappa shape index (κ2) is 10.6. The quantitative estimate of drug-likeness (QED) is 0.378. The number of nitrogens with one attached hydrogen (secondary N) is 3. The molecule has 1 aliphatic rings. The van der Waals surface area contributed by atoms with Crippen molar-refractivity contribution in [2.24, 2.45) is 0 Å². The van der Waals surface area contributed by atoms with Crippen LogP contribution in [0.3, 0.4) is 0 Å². The maximum absolute atomic E-state index is 13.8. The molecule has 33 heavy (non-hydrogen) atoms. The Morgan fingerprint density at radius 1 is 1.21 bits per heavy atom. The molecule has 2 aromatic rings. The summed E-state index contributed by atoms with van der Waals surface area (Å²) < 4.78 is 13.8. The van der Waals surface area contributed by atoms with Crippen LogP contribution in [0, 0.1) is 12.7 Å². The number of hydrogen-bond acceptors (Lipinski definition) is 4. The molecular formula is C25H31FN4O3. The highest BCUT2D eigenvalue weighted by molar-refractivity contribution is 6.34. The van der Waals surface area contributed by atoms with Crippen LogP contribution in [0.15, 0.2) is 18.2 Å².